The van der Waals surface area contributed by atoms with Crippen molar-refractivity contribution < 1.29 is 14.7 Å². The topological polar surface area (TPSA) is 78.4 Å². The van der Waals surface area contributed by atoms with Gasteiger partial charge in [0.2, 0.25) is 0 Å². The van der Waals surface area contributed by atoms with Gasteiger partial charge < -0.3 is 15.7 Å². The summed E-state index contributed by atoms with van der Waals surface area (Å²) in [6.45, 7) is 5.69. The molecule has 3 N–H and O–H groups in total. The number of amides is 2. The van der Waals surface area contributed by atoms with Gasteiger partial charge in [-0.1, -0.05) is 19.8 Å². The summed E-state index contributed by atoms with van der Waals surface area (Å²) in [5.41, 5.74) is -1.06. The van der Waals surface area contributed by atoms with Crippen LogP contribution in [0, 0.1) is 5.41 Å². The Kier molecular flexibility index (Phi) is 4.01. The molecule has 1 rings (SSSR count). The van der Waals surface area contributed by atoms with Gasteiger partial charge in [0.25, 0.3) is 0 Å². The Bertz CT molecular complexity index is 307. The van der Waals surface area contributed by atoms with Crippen molar-refractivity contribution in [1.82, 2.24) is 10.6 Å². The summed E-state index contributed by atoms with van der Waals surface area (Å²) < 4.78 is 0. The van der Waals surface area contributed by atoms with Gasteiger partial charge in [0.15, 0.2) is 0 Å². The van der Waals surface area contributed by atoms with Crippen LogP contribution in [-0.2, 0) is 4.79 Å². The second kappa shape index (κ2) is 4.94. The van der Waals surface area contributed by atoms with Gasteiger partial charge in [0.1, 0.15) is 5.54 Å². The fourth-order valence-electron chi connectivity index (χ4n) is 2.08. The first-order valence-corrected chi connectivity index (χ1v) is 6.05. The van der Waals surface area contributed by atoms with Crippen molar-refractivity contribution in [2.75, 3.05) is 6.54 Å². The van der Waals surface area contributed by atoms with Crippen molar-refractivity contribution in [2.45, 2.75) is 52.0 Å². The van der Waals surface area contributed by atoms with Crippen LogP contribution in [0.15, 0.2) is 0 Å². The monoisotopic (exact) mass is 242 g/mol. The highest BCUT2D eigenvalue weighted by atomic mass is 16.4. The van der Waals surface area contributed by atoms with Crippen molar-refractivity contribution in [3.8, 4) is 0 Å². The predicted octanol–water partition coefficient (Wildman–Crippen LogP) is 1.73. The minimum absolute atomic E-state index is 0.171. The summed E-state index contributed by atoms with van der Waals surface area (Å²) in [5.74, 6) is -1.04. The number of hydrogen-bond acceptors (Lipinski definition) is 2. The van der Waals surface area contributed by atoms with Crippen molar-refractivity contribution in [1.29, 1.82) is 0 Å². The number of carbonyl (C=O) groups excluding carboxylic acids is 1. The Hall–Kier alpha value is -1.26. The summed E-state index contributed by atoms with van der Waals surface area (Å²) in [5, 5.41) is 14.1. The number of urea groups is 1. The minimum Gasteiger partial charge on any atom is -0.480 e. The van der Waals surface area contributed by atoms with Crippen LogP contribution < -0.4 is 10.6 Å². The summed E-state index contributed by atoms with van der Waals surface area (Å²) >= 11 is 0. The molecule has 1 fully saturated rings. The lowest BCUT2D eigenvalue weighted by molar-refractivity contribution is -0.142. The number of nitrogens with one attached hydrogen (secondary N) is 2. The van der Waals surface area contributed by atoms with Gasteiger partial charge in [-0.2, -0.15) is 0 Å². The molecule has 1 aliphatic rings. The Labute approximate surface area is 102 Å². The van der Waals surface area contributed by atoms with E-state index in [-0.39, 0.29) is 5.41 Å². The van der Waals surface area contributed by atoms with Crippen molar-refractivity contribution in [3.05, 3.63) is 0 Å². The first kappa shape index (κ1) is 13.8. The van der Waals surface area contributed by atoms with Crippen molar-refractivity contribution >= 4 is 12.0 Å². The standard InChI is InChI=1S/C12H22N2O3/c1-11(2,9(15)16)14-10(17)13-8-12(3)6-4-5-7-12/h4-8H2,1-3H3,(H,15,16)(H2,13,14,17). The molecule has 2 amide bonds. The van der Waals surface area contributed by atoms with Gasteiger partial charge in [-0.25, -0.2) is 9.59 Å². The van der Waals surface area contributed by atoms with E-state index in [9.17, 15) is 9.59 Å². The highest BCUT2D eigenvalue weighted by molar-refractivity contribution is 5.85. The maximum absolute atomic E-state index is 11.6. The van der Waals surface area contributed by atoms with E-state index in [1.54, 1.807) is 0 Å². The SMILES string of the molecule is CC1(CNC(=O)NC(C)(C)C(=O)O)CCCC1. The molecule has 17 heavy (non-hydrogen) atoms. The average Bonchev–Trinajstić information content (AvgIpc) is 2.62. The molecule has 5 nitrogen and oxygen atoms in total. The lowest BCUT2D eigenvalue weighted by Crippen LogP contribution is -2.54. The number of carboxylic acids is 1. The zero-order valence-electron chi connectivity index (χ0n) is 10.8. The Balaban J connectivity index is 2.37. The summed E-state index contributed by atoms with van der Waals surface area (Å²) in [6, 6.07) is -0.412. The van der Waals surface area contributed by atoms with Crippen LogP contribution in [0.25, 0.3) is 0 Å². The molecule has 98 valence electrons. The third kappa shape index (κ3) is 3.91. The highest BCUT2D eigenvalue weighted by Gasteiger charge is 2.31. The van der Waals surface area contributed by atoms with E-state index in [2.05, 4.69) is 17.6 Å². The maximum atomic E-state index is 11.6. The first-order valence-electron chi connectivity index (χ1n) is 6.05. The van der Waals surface area contributed by atoms with Crippen LogP contribution in [0.3, 0.4) is 0 Å². The van der Waals surface area contributed by atoms with Crippen molar-refractivity contribution in [2.24, 2.45) is 5.41 Å². The number of aliphatic carboxylic acids is 1. The smallest absolute Gasteiger partial charge is 0.328 e. The van der Waals surface area contributed by atoms with E-state index in [4.69, 9.17) is 5.11 Å². The maximum Gasteiger partial charge on any atom is 0.328 e. The normalized spacial score (nSPS) is 18.8. The van der Waals surface area contributed by atoms with Crippen molar-refractivity contribution in [3.63, 3.8) is 0 Å². The van der Waals surface area contributed by atoms with E-state index in [1.165, 1.54) is 26.7 Å². The zero-order valence-corrected chi connectivity index (χ0v) is 10.8. The molecular formula is C12H22N2O3. The average molecular weight is 242 g/mol. The largest absolute Gasteiger partial charge is 0.480 e. The van der Waals surface area contributed by atoms with E-state index in [0.717, 1.165) is 12.8 Å². The fraction of sp³-hybridized carbons (Fsp3) is 0.833. The quantitative estimate of drug-likeness (QED) is 0.702. The summed E-state index contributed by atoms with van der Waals surface area (Å²) in [6.07, 6.45) is 4.66. The summed E-state index contributed by atoms with van der Waals surface area (Å²) in [4.78, 5) is 22.4. The number of rotatable bonds is 4. The van der Waals surface area contributed by atoms with Gasteiger partial charge in [-0.15, -0.1) is 0 Å². The predicted molar refractivity (Wildman–Crippen MR) is 64.8 cm³/mol. The molecule has 0 aromatic heterocycles. The van der Waals surface area contributed by atoms with Crippen LogP contribution >= 0.6 is 0 Å². The third-order valence-electron chi connectivity index (χ3n) is 3.45. The van der Waals surface area contributed by atoms with E-state index >= 15 is 0 Å². The molecule has 0 unspecified atom stereocenters. The van der Waals surface area contributed by atoms with Gasteiger partial charge >= 0.3 is 12.0 Å². The van der Waals surface area contributed by atoms with Gasteiger partial charge in [0, 0.05) is 6.54 Å². The zero-order chi connectivity index (χ0) is 13.1. The molecule has 1 saturated carbocycles. The Morgan fingerprint density at radius 1 is 1.29 bits per heavy atom. The minimum atomic E-state index is -1.24. The second-order valence-electron chi connectivity index (χ2n) is 5.76. The van der Waals surface area contributed by atoms with Crippen LogP contribution in [-0.4, -0.2) is 29.2 Å². The van der Waals surface area contributed by atoms with Gasteiger partial charge in [0.05, 0.1) is 0 Å². The molecule has 5 heteroatoms. The van der Waals surface area contributed by atoms with Crippen LogP contribution in [0.1, 0.15) is 46.5 Å². The molecule has 0 bridgehead atoms. The fourth-order valence-corrected chi connectivity index (χ4v) is 2.08. The molecule has 0 atom stereocenters. The van der Waals surface area contributed by atoms with Gasteiger partial charge in [-0.3, -0.25) is 0 Å². The molecule has 0 aromatic carbocycles. The molecule has 0 saturated heterocycles. The molecule has 0 aliphatic heterocycles. The molecule has 0 heterocycles. The molecule has 1 aliphatic carbocycles. The highest BCUT2D eigenvalue weighted by Crippen LogP contribution is 2.36. The van der Waals surface area contributed by atoms with Crippen LogP contribution in [0.2, 0.25) is 0 Å². The first-order chi connectivity index (χ1) is 7.75. The molecule has 0 spiro atoms. The number of hydrogen-bond donors (Lipinski definition) is 3. The lowest BCUT2D eigenvalue weighted by atomic mass is 9.89. The second-order valence-corrected chi connectivity index (χ2v) is 5.76. The molecular weight excluding hydrogens is 220 g/mol. The Morgan fingerprint density at radius 2 is 1.82 bits per heavy atom. The lowest BCUT2D eigenvalue weighted by Gasteiger charge is -2.26. The van der Waals surface area contributed by atoms with Crippen LogP contribution in [0.4, 0.5) is 4.79 Å². The van der Waals surface area contributed by atoms with E-state index < -0.39 is 17.5 Å². The van der Waals surface area contributed by atoms with E-state index in [0.29, 0.717) is 6.54 Å². The van der Waals surface area contributed by atoms with E-state index in [1.807, 2.05) is 0 Å². The van der Waals surface area contributed by atoms with Crippen LogP contribution in [0.5, 0.6) is 0 Å². The molecule has 0 radical (unpaired) electrons. The van der Waals surface area contributed by atoms with Gasteiger partial charge in [-0.05, 0) is 32.1 Å². The summed E-state index contributed by atoms with van der Waals surface area (Å²) in [7, 11) is 0. The molecule has 0 aromatic rings. The third-order valence-corrected chi connectivity index (χ3v) is 3.45. The number of carbonyl (C=O) groups is 2. The Morgan fingerprint density at radius 3 is 2.29 bits per heavy atom. The number of carboxylic acid groups (broad SMARTS) is 1.